The smallest absolute Gasteiger partial charge is 0.261 e. The van der Waals surface area contributed by atoms with Crippen LogP contribution in [0, 0.1) is 0 Å². The number of hydrogen-bond acceptors (Lipinski definition) is 4. The highest BCUT2D eigenvalue weighted by Crippen LogP contribution is 2.21. The monoisotopic (exact) mass is 305 g/mol. The van der Waals surface area contributed by atoms with Gasteiger partial charge in [0.2, 0.25) is 0 Å². The number of benzene rings is 1. The molecule has 0 saturated heterocycles. The minimum absolute atomic E-state index is 0.0190. The van der Waals surface area contributed by atoms with E-state index in [2.05, 4.69) is 5.32 Å². The van der Waals surface area contributed by atoms with Gasteiger partial charge in [-0.25, -0.2) is 0 Å². The number of nitrogens with one attached hydrogen (secondary N) is 1. The van der Waals surface area contributed by atoms with Gasteiger partial charge < -0.3 is 14.8 Å². The molecule has 5 heteroatoms. The van der Waals surface area contributed by atoms with Crippen molar-refractivity contribution in [2.24, 2.45) is 0 Å². The van der Waals surface area contributed by atoms with Gasteiger partial charge in [-0.05, 0) is 30.0 Å². The number of ether oxygens (including phenoxy) is 2. The maximum absolute atomic E-state index is 11.8. The lowest BCUT2D eigenvalue weighted by atomic mass is 10.3. The third-order valence-corrected chi connectivity index (χ3v) is 3.84. The van der Waals surface area contributed by atoms with Gasteiger partial charge in [-0.1, -0.05) is 13.0 Å². The Kier molecular flexibility index (Phi) is 5.63. The first-order valence-corrected chi connectivity index (χ1v) is 7.73. The average molecular weight is 305 g/mol. The topological polar surface area (TPSA) is 47.6 Å². The van der Waals surface area contributed by atoms with E-state index in [0.717, 1.165) is 23.5 Å². The highest BCUT2D eigenvalue weighted by atomic mass is 32.1. The predicted octanol–water partition coefficient (Wildman–Crippen LogP) is 3.48. The highest BCUT2D eigenvalue weighted by Gasteiger charge is 2.08. The van der Waals surface area contributed by atoms with Crippen LogP contribution in [-0.4, -0.2) is 19.6 Å². The van der Waals surface area contributed by atoms with Gasteiger partial charge in [0.25, 0.3) is 5.91 Å². The maximum atomic E-state index is 11.8. The molecule has 0 unspecified atom stereocenters. The van der Waals surface area contributed by atoms with Crippen LogP contribution in [0.5, 0.6) is 11.5 Å². The van der Waals surface area contributed by atoms with Crippen LogP contribution in [0.15, 0.2) is 35.7 Å². The molecule has 1 aromatic carbocycles. The molecule has 0 fully saturated rings. The summed E-state index contributed by atoms with van der Waals surface area (Å²) >= 11 is 1.43. The molecule has 0 aliphatic rings. The number of thiophene rings is 1. The lowest BCUT2D eigenvalue weighted by Gasteiger charge is -2.06. The Hall–Kier alpha value is -2.01. The van der Waals surface area contributed by atoms with Crippen molar-refractivity contribution >= 4 is 17.2 Å². The molecule has 1 amide bonds. The first-order valence-electron chi connectivity index (χ1n) is 6.85. The number of amides is 1. The van der Waals surface area contributed by atoms with Crippen LogP contribution in [0.2, 0.25) is 0 Å². The second-order valence-electron chi connectivity index (χ2n) is 4.54. The van der Waals surface area contributed by atoms with E-state index < -0.39 is 0 Å². The van der Waals surface area contributed by atoms with Crippen molar-refractivity contribution < 1.29 is 14.3 Å². The third-order valence-electron chi connectivity index (χ3n) is 2.86. The predicted molar refractivity (Wildman–Crippen MR) is 84.3 cm³/mol. The van der Waals surface area contributed by atoms with Crippen molar-refractivity contribution in [1.29, 1.82) is 0 Å². The second-order valence-corrected chi connectivity index (χ2v) is 5.45. The zero-order chi connectivity index (χ0) is 15.1. The summed E-state index contributed by atoms with van der Waals surface area (Å²) in [6.07, 6.45) is 0.933. The summed E-state index contributed by atoms with van der Waals surface area (Å²) in [5.74, 6) is 1.49. The minimum atomic E-state index is -0.0190. The van der Waals surface area contributed by atoms with Gasteiger partial charge in [-0.3, -0.25) is 4.79 Å². The molecule has 0 bridgehead atoms. The van der Waals surface area contributed by atoms with Crippen LogP contribution < -0.4 is 14.8 Å². The average Bonchev–Trinajstić information content (AvgIpc) is 3.00. The summed E-state index contributed by atoms with van der Waals surface area (Å²) in [7, 11) is 1.62. The molecule has 0 atom stereocenters. The van der Waals surface area contributed by atoms with Crippen LogP contribution in [0.25, 0.3) is 0 Å². The van der Waals surface area contributed by atoms with Gasteiger partial charge in [0.1, 0.15) is 18.1 Å². The molecule has 1 N–H and O–H groups in total. The number of hydrogen-bond donors (Lipinski definition) is 1. The van der Waals surface area contributed by atoms with Gasteiger partial charge in [-0.15, -0.1) is 11.3 Å². The van der Waals surface area contributed by atoms with Crippen molar-refractivity contribution in [2.75, 3.05) is 13.7 Å². The van der Waals surface area contributed by atoms with Gasteiger partial charge >= 0.3 is 0 Å². The second kappa shape index (κ2) is 7.69. The molecule has 112 valence electrons. The van der Waals surface area contributed by atoms with Crippen LogP contribution in [-0.2, 0) is 6.61 Å². The Morgan fingerprint density at radius 3 is 2.86 bits per heavy atom. The number of carbonyl (C=O) groups is 1. The molecular formula is C16H19NO3S. The SMILES string of the molecule is CCCNC(=O)c1cc(COc2cccc(OC)c2)cs1. The molecule has 0 spiro atoms. The summed E-state index contributed by atoms with van der Waals surface area (Å²) in [6.45, 7) is 3.17. The summed E-state index contributed by atoms with van der Waals surface area (Å²) in [5.41, 5.74) is 0.990. The molecule has 0 aliphatic heterocycles. The summed E-state index contributed by atoms with van der Waals surface area (Å²) in [5, 5.41) is 4.81. The Bertz CT molecular complexity index is 595. The van der Waals surface area contributed by atoms with Crippen molar-refractivity contribution in [3.05, 3.63) is 46.2 Å². The standard InChI is InChI=1S/C16H19NO3S/c1-3-7-17-16(18)15-8-12(11-21-15)10-20-14-6-4-5-13(9-14)19-2/h4-6,8-9,11H,3,7,10H2,1-2H3,(H,17,18). The first kappa shape index (κ1) is 15.4. The zero-order valence-corrected chi connectivity index (χ0v) is 13.0. The van der Waals surface area contributed by atoms with Crippen molar-refractivity contribution in [1.82, 2.24) is 5.32 Å². The molecule has 1 aromatic heterocycles. The van der Waals surface area contributed by atoms with E-state index in [1.165, 1.54) is 11.3 Å². The van der Waals surface area contributed by atoms with Gasteiger partial charge in [-0.2, -0.15) is 0 Å². The van der Waals surface area contributed by atoms with Gasteiger partial charge in [0, 0.05) is 18.2 Å². The lowest BCUT2D eigenvalue weighted by Crippen LogP contribution is -2.22. The fourth-order valence-corrected chi connectivity index (χ4v) is 2.57. The lowest BCUT2D eigenvalue weighted by molar-refractivity contribution is 0.0957. The summed E-state index contributed by atoms with van der Waals surface area (Å²) in [6, 6.07) is 9.33. The Labute approximate surface area is 128 Å². The van der Waals surface area contributed by atoms with E-state index >= 15 is 0 Å². The Balaban J connectivity index is 1.91. The number of carbonyl (C=O) groups excluding carboxylic acids is 1. The first-order chi connectivity index (χ1) is 10.2. The molecule has 0 aliphatic carbocycles. The summed E-state index contributed by atoms with van der Waals surface area (Å²) in [4.78, 5) is 12.5. The van der Waals surface area contributed by atoms with E-state index in [1.807, 2.05) is 42.6 Å². The Morgan fingerprint density at radius 2 is 2.10 bits per heavy atom. The molecule has 21 heavy (non-hydrogen) atoms. The fraction of sp³-hybridized carbons (Fsp3) is 0.312. The fourth-order valence-electron chi connectivity index (χ4n) is 1.75. The molecule has 2 rings (SSSR count). The number of methoxy groups -OCH3 is 1. The van der Waals surface area contributed by atoms with Gasteiger partial charge in [0.15, 0.2) is 0 Å². The molecule has 4 nitrogen and oxygen atoms in total. The highest BCUT2D eigenvalue weighted by molar-refractivity contribution is 7.12. The van der Waals surface area contributed by atoms with Crippen LogP contribution in [0.4, 0.5) is 0 Å². The molecule has 0 saturated carbocycles. The van der Waals surface area contributed by atoms with E-state index in [1.54, 1.807) is 7.11 Å². The molecular weight excluding hydrogens is 286 g/mol. The van der Waals surface area contributed by atoms with Crippen molar-refractivity contribution in [2.45, 2.75) is 20.0 Å². The van der Waals surface area contributed by atoms with Crippen LogP contribution in [0.1, 0.15) is 28.6 Å². The Morgan fingerprint density at radius 1 is 1.29 bits per heavy atom. The third kappa shape index (κ3) is 4.49. The van der Waals surface area contributed by atoms with Crippen molar-refractivity contribution in [3.8, 4) is 11.5 Å². The van der Waals surface area contributed by atoms with Crippen LogP contribution >= 0.6 is 11.3 Å². The minimum Gasteiger partial charge on any atom is -0.497 e. The quantitative estimate of drug-likeness (QED) is 0.852. The zero-order valence-electron chi connectivity index (χ0n) is 12.2. The molecule has 2 aromatic rings. The maximum Gasteiger partial charge on any atom is 0.261 e. The van der Waals surface area contributed by atoms with Crippen molar-refractivity contribution in [3.63, 3.8) is 0 Å². The van der Waals surface area contributed by atoms with E-state index in [4.69, 9.17) is 9.47 Å². The normalized spacial score (nSPS) is 10.2. The molecule has 1 heterocycles. The van der Waals surface area contributed by atoms with Gasteiger partial charge in [0.05, 0.1) is 12.0 Å². The summed E-state index contributed by atoms with van der Waals surface area (Å²) < 4.78 is 10.9. The van der Waals surface area contributed by atoms with E-state index in [9.17, 15) is 4.79 Å². The van der Waals surface area contributed by atoms with E-state index in [0.29, 0.717) is 18.0 Å². The number of rotatable bonds is 7. The molecule has 0 radical (unpaired) electrons. The van der Waals surface area contributed by atoms with E-state index in [-0.39, 0.29) is 5.91 Å². The van der Waals surface area contributed by atoms with Crippen LogP contribution in [0.3, 0.4) is 0 Å². The largest absolute Gasteiger partial charge is 0.497 e.